The highest BCUT2D eigenvalue weighted by atomic mass is 16.2. The van der Waals surface area contributed by atoms with Crippen LogP contribution in [0, 0.1) is 6.92 Å². The lowest BCUT2D eigenvalue weighted by molar-refractivity contribution is 0.0931. The molecule has 2 N–H and O–H groups in total. The molecule has 26 heavy (non-hydrogen) atoms. The summed E-state index contributed by atoms with van der Waals surface area (Å²) in [6.45, 7) is 4.64. The second-order valence-electron chi connectivity index (χ2n) is 7.44. The number of aromatic amines is 1. The number of aryl methyl sites for hydroxylation is 1. The molecule has 1 atom stereocenters. The van der Waals surface area contributed by atoms with E-state index in [9.17, 15) is 9.59 Å². The number of aromatic nitrogens is 1. The molecule has 2 aliphatic rings. The third-order valence-electron chi connectivity index (χ3n) is 5.52. The summed E-state index contributed by atoms with van der Waals surface area (Å²) in [7, 11) is 0. The van der Waals surface area contributed by atoms with Crippen LogP contribution in [0.25, 0.3) is 0 Å². The van der Waals surface area contributed by atoms with Gasteiger partial charge in [-0.3, -0.25) is 14.5 Å². The first-order valence-corrected chi connectivity index (χ1v) is 9.43. The van der Waals surface area contributed by atoms with Gasteiger partial charge in [0.25, 0.3) is 5.91 Å². The van der Waals surface area contributed by atoms with Crippen molar-refractivity contribution in [1.82, 2.24) is 15.2 Å². The van der Waals surface area contributed by atoms with Crippen molar-refractivity contribution < 1.29 is 9.59 Å². The van der Waals surface area contributed by atoms with Crippen LogP contribution in [0.5, 0.6) is 0 Å². The van der Waals surface area contributed by atoms with Crippen molar-refractivity contribution in [3.63, 3.8) is 0 Å². The smallest absolute Gasteiger partial charge is 0.268 e. The molecular weight excluding hydrogens is 326 g/mol. The Hall–Kier alpha value is -2.40. The van der Waals surface area contributed by atoms with Gasteiger partial charge < -0.3 is 10.3 Å². The van der Waals surface area contributed by atoms with Crippen molar-refractivity contribution in [2.24, 2.45) is 0 Å². The van der Waals surface area contributed by atoms with Gasteiger partial charge in [0.2, 0.25) is 0 Å². The van der Waals surface area contributed by atoms with Gasteiger partial charge in [0.05, 0.1) is 0 Å². The third kappa shape index (κ3) is 3.31. The minimum Gasteiger partial charge on any atom is -0.354 e. The fraction of sp³-hybridized carbons (Fsp3) is 0.429. The van der Waals surface area contributed by atoms with Gasteiger partial charge in [-0.2, -0.15) is 0 Å². The third-order valence-corrected chi connectivity index (χ3v) is 5.52. The first-order valence-electron chi connectivity index (χ1n) is 9.43. The van der Waals surface area contributed by atoms with Gasteiger partial charge in [-0.1, -0.05) is 30.3 Å². The van der Waals surface area contributed by atoms with Crippen LogP contribution in [0.15, 0.2) is 30.3 Å². The second-order valence-corrected chi connectivity index (χ2v) is 7.44. The molecule has 136 valence electrons. The van der Waals surface area contributed by atoms with E-state index >= 15 is 0 Å². The number of carbonyl (C=O) groups is 2. The summed E-state index contributed by atoms with van der Waals surface area (Å²) in [6, 6.07) is 10.6. The number of amides is 1. The lowest BCUT2D eigenvalue weighted by Gasteiger charge is -2.16. The summed E-state index contributed by atoms with van der Waals surface area (Å²) >= 11 is 0. The molecular formula is C21H25N3O2. The molecule has 1 fully saturated rings. The van der Waals surface area contributed by atoms with Crippen LogP contribution in [-0.4, -0.2) is 40.7 Å². The molecule has 2 aromatic rings. The van der Waals surface area contributed by atoms with Crippen LogP contribution in [0.1, 0.15) is 56.9 Å². The molecule has 1 saturated heterocycles. The van der Waals surface area contributed by atoms with E-state index in [4.69, 9.17) is 0 Å². The molecule has 5 heteroatoms. The Labute approximate surface area is 153 Å². The van der Waals surface area contributed by atoms with E-state index < -0.39 is 0 Å². The van der Waals surface area contributed by atoms with Gasteiger partial charge in [0, 0.05) is 43.4 Å². The Morgan fingerprint density at radius 2 is 2.08 bits per heavy atom. The zero-order chi connectivity index (χ0) is 18.1. The maximum atomic E-state index is 12.7. The molecule has 0 bridgehead atoms. The number of hydrogen-bond donors (Lipinski definition) is 2. The Bertz CT molecular complexity index is 825. The van der Waals surface area contributed by atoms with Crippen molar-refractivity contribution in [3.05, 3.63) is 58.4 Å². The number of likely N-dealkylation sites (tertiary alicyclic amines) is 1. The molecule has 1 aromatic carbocycles. The Kier molecular flexibility index (Phi) is 4.64. The largest absolute Gasteiger partial charge is 0.354 e. The molecule has 2 heterocycles. The standard InChI is InChI=1S/C21H25N3O2/c1-14-19-17(8-5-9-18(19)25)23-20(14)21(26)22-16-10-11-24(13-16)12-15-6-3-2-4-7-15/h2-4,6-7,16,23H,5,8-13H2,1H3,(H,22,26)/t16-/m1/s1. The zero-order valence-corrected chi connectivity index (χ0v) is 15.2. The number of carbonyl (C=O) groups excluding carboxylic acids is 2. The summed E-state index contributed by atoms with van der Waals surface area (Å²) in [5.41, 5.74) is 4.35. The molecule has 4 rings (SSSR count). The van der Waals surface area contributed by atoms with Crippen LogP contribution in [-0.2, 0) is 13.0 Å². The molecule has 0 radical (unpaired) electrons. The van der Waals surface area contributed by atoms with E-state index in [-0.39, 0.29) is 17.7 Å². The number of ketones is 1. The van der Waals surface area contributed by atoms with Gasteiger partial charge in [0.1, 0.15) is 5.69 Å². The minimum atomic E-state index is -0.0868. The average Bonchev–Trinajstić information content (AvgIpc) is 3.21. The number of fused-ring (bicyclic) bond motifs is 1. The Morgan fingerprint density at radius 1 is 1.27 bits per heavy atom. The summed E-state index contributed by atoms with van der Waals surface area (Å²) in [4.78, 5) is 30.5. The van der Waals surface area contributed by atoms with E-state index in [0.717, 1.165) is 55.7 Å². The topological polar surface area (TPSA) is 65.2 Å². The number of hydrogen-bond acceptors (Lipinski definition) is 3. The van der Waals surface area contributed by atoms with Crippen LogP contribution >= 0.6 is 0 Å². The number of H-pyrrole nitrogens is 1. The summed E-state index contributed by atoms with van der Waals surface area (Å²) in [6.07, 6.45) is 3.26. The number of benzene rings is 1. The summed E-state index contributed by atoms with van der Waals surface area (Å²) in [5.74, 6) is 0.0743. The number of rotatable bonds is 4. The lowest BCUT2D eigenvalue weighted by atomic mass is 9.94. The van der Waals surface area contributed by atoms with Crippen molar-refractivity contribution in [1.29, 1.82) is 0 Å². The van der Waals surface area contributed by atoms with Gasteiger partial charge in [-0.25, -0.2) is 0 Å². The van der Waals surface area contributed by atoms with Gasteiger partial charge in [-0.15, -0.1) is 0 Å². The van der Waals surface area contributed by atoms with E-state index in [0.29, 0.717) is 12.1 Å². The van der Waals surface area contributed by atoms with Crippen molar-refractivity contribution in [2.45, 2.75) is 45.2 Å². The highest BCUT2D eigenvalue weighted by Crippen LogP contribution is 2.26. The molecule has 0 spiro atoms. The fourth-order valence-corrected chi connectivity index (χ4v) is 4.19. The van der Waals surface area contributed by atoms with E-state index in [1.54, 1.807) is 0 Å². The van der Waals surface area contributed by atoms with Crippen molar-refractivity contribution >= 4 is 11.7 Å². The van der Waals surface area contributed by atoms with Crippen LogP contribution in [0.2, 0.25) is 0 Å². The molecule has 1 aromatic heterocycles. The van der Waals surface area contributed by atoms with Gasteiger partial charge >= 0.3 is 0 Å². The average molecular weight is 351 g/mol. The number of Topliss-reactive ketones (excluding diaryl/α,β-unsaturated/α-hetero) is 1. The quantitative estimate of drug-likeness (QED) is 0.890. The fourth-order valence-electron chi connectivity index (χ4n) is 4.19. The minimum absolute atomic E-state index is 0.0868. The zero-order valence-electron chi connectivity index (χ0n) is 15.2. The van der Waals surface area contributed by atoms with E-state index in [2.05, 4.69) is 39.5 Å². The monoisotopic (exact) mass is 351 g/mol. The maximum absolute atomic E-state index is 12.7. The first-order chi connectivity index (χ1) is 12.6. The van der Waals surface area contributed by atoms with Crippen molar-refractivity contribution in [3.8, 4) is 0 Å². The maximum Gasteiger partial charge on any atom is 0.268 e. The SMILES string of the molecule is Cc1c(C(=O)N[C@@H]2CCN(Cc3ccccc3)C2)[nH]c2c1C(=O)CCC2. The van der Waals surface area contributed by atoms with Gasteiger partial charge in [0.15, 0.2) is 5.78 Å². The van der Waals surface area contributed by atoms with E-state index in [1.165, 1.54) is 5.56 Å². The molecule has 0 unspecified atom stereocenters. The molecule has 1 aliphatic heterocycles. The predicted octanol–water partition coefficient (Wildman–Crippen LogP) is 2.85. The number of nitrogens with one attached hydrogen (secondary N) is 2. The van der Waals surface area contributed by atoms with E-state index in [1.807, 2.05) is 13.0 Å². The number of nitrogens with zero attached hydrogens (tertiary/aromatic N) is 1. The van der Waals surface area contributed by atoms with Crippen LogP contribution in [0.3, 0.4) is 0 Å². The lowest BCUT2D eigenvalue weighted by Crippen LogP contribution is -2.37. The normalized spacial score (nSPS) is 20.2. The first kappa shape index (κ1) is 17.0. The molecule has 0 saturated carbocycles. The molecule has 1 aliphatic carbocycles. The summed E-state index contributed by atoms with van der Waals surface area (Å²) < 4.78 is 0. The van der Waals surface area contributed by atoms with Crippen LogP contribution < -0.4 is 5.32 Å². The Morgan fingerprint density at radius 3 is 2.85 bits per heavy atom. The Balaban J connectivity index is 1.39. The van der Waals surface area contributed by atoms with Crippen molar-refractivity contribution in [2.75, 3.05) is 13.1 Å². The highest BCUT2D eigenvalue weighted by Gasteiger charge is 2.29. The van der Waals surface area contributed by atoms with Gasteiger partial charge in [-0.05, 0) is 37.3 Å². The summed E-state index contributed by atoms with van der Waals surface area (Å²) in [5, 5.41) is 3.15. The molecule has 1 amide bonds. The predicted molar refractivity (Wildman–Crippen MR) is 100 cm³/mol. The molecule has 5 nitrogen and oxygen atoms in total. The van der Waals surface area contributed by atoms with Crippen LogP contribution in [0.4, 0.5) is 0 Å². The highest BCUT2D eigenvalue weighted by molar-refractivity contribution is 6.04. The second kappa shape index (κ2) is 7.08.